The van der Waals surface area contributed by atoms with E-state index in [1.165, 1.54) is 12.5 Å². The summed E-state index contributed by atoms with van der Waals surface area (Å²) in [5.41, 5.74) is 6.73. The largest absolute Gasteiger partial charge is 0.382 e. The first-order valence-corrected chi connectivity index (χ1v) is 7.13. The second-order valence-corrected chi connectivity index (χ2v) is 5.88. The molecule has 3 rings (SSSR count). The molecule has 2 heterocycles. The molecule has 0 aromatic heterocycles. The topological polar surface area (TPSA) is 58.4 Å². The Morgan fingerprint density at radius 2 is 2.15 bits per heavy atom. The molecule has 2 aliphatic rings. The van der Waals surface area contributed by atoms with Crippen LogP contribution in [-0.4, -0.2) is 36.5 Å². The third kappa shape index (κ3) is 2.38. The van der Waals surface area contributed by atoms with E-state index in [1.807, 2.05) is 0 Å². The zero-order valence-corrected chi connectivity index (χ0v) is 11.7. The minimum atomic E-state index is -0.595. The molecule has 2 saturated heterocycles. The van der Waals surface area contributed by atoms with Gasteiger partial charge in [0.2, 0.25) is 5.91 Å². The van der Waals surface area contributed by atoms with Crippen molar-refractivity contribution in [3.8, 4) is 0 Å². The van der Waals surface area contributed by atoms with Crippen molar-refractivity contribution in [2.24, 2.45) is 11.7 Å². The molecule has 0 radical (unpaired) electrons. The van der Waals surface area contributed by atoms with Gasteiger partial charge in [0, 0.05) is 35.9 Å². The van der Waals surface area contributed by atoms with Gasteiger partial charge in [-0.1, -0.05) is 0 Å². The molecule has 5 heteroatoms. The molecule has 20 heavy (non-hydrogen) atoms. The molecule has 1 aromatic carbocycles. The standard InChI is InChI=1S/C15H20FN3O/c1-9-12(16)6-11(15(17)20)7-14(9)18-13-3-5-19-4-2-10(13)8-19/h6-7,10,13,18H,2-5,8H2,1H3,(H2,17,20). The third-order valence-electron chi connectivity index (χ3n) is 4.60. The SMILES string of the molecule is Cc1c(F)cc(C(N)=O)cc1NC1CCN2CCC1C2. The molecule has 2 fully saturated rings. The van der Waals surface area contributed by atoms with E-state index in [2.05, 4.69) is 10.2 Å². The fraction of sp³-hybridized carbons (Fsp3) is 0.533. The minimum Gasteiger partial charge on any atom is -0.382 e. The van der Waals surface area contributed by atoms with E-state index in [1.54, 1.807) is 13.0 Å². The molecule has 0 saturated carbocycles. The van der Waals surface area contributed by atoms with E-state index in [0.717, 1.165) is 26.1 Å². The van der Waals surface area contributed by atoms with Crippen LogP contribution in [0.1, 0.15) is 28.8 Å². The van der Waals surface area contributed by atoms with Crippen LogP contribution in [0, 0.1) is 18.7 Å². The number of anilines is 1. The van der Waals surface area contributed by atoms with E-state index >= 15 is 0 Å². The minimum absolute atomic E-state index is 0.222. The van der Waals surface area contributed by atoms with Gasteiger partial charge in [-0.2, -0.15) is 0 Å². The Balaban J connectivity index is 1.84. The predicted octanol–water partition coefficient (Wildman–Crippen LogP) is 1.74. The lowest BCUT2D eigenvalue weighted by Gasteiger charge is -2.32. The number of rotatable bonds is 3. The van der Waals surface area contributed by atoms with Crippen molar-refractivity contribution in [1.82, 2.24) is 4.90 Å². The van der Waals surface area contributed by atoms with Gasteiger partial charge in [-0.3, -0.25) is 4.79 Å². The number of amides is 1. The highest BCUT2D eigenvalue weighted by atomic mass is 19.1. The van der Waals surface area contributed by atoms with Gasteiger partial charge < -0.3 is 16.0 Å². The van der Waals surface area contributed by atoms with Crippen molar-refractivity contribution in [3.05, 3.63) is 29.1 Å². The molecule has 0 spiro atoms. The summed E-state index contributed by atoms with van der Waals surface area (Å²) in [4.78, 5) is 13.7. The Hall–Kier alpha value is -1.62. The lowest BCUT2D eigenvalue weighted by Crippen LogP contribution is -2.39. The summed E-state index contributed by atoms with van der Waals surface area (Å²) in [5, 5.41) is 3.44. The molecule has 4 nitrogen and oxygen atoms in total. The maximum absolute atomic E-state index is 13.9. The summed E-state index contributed by atoms with van der Waals surface area (Å²) in [6.07, 6.45) is 2.25. The van der Waals surface area contributed by atoms with Crippen molar-refractivity contribution in [3.63, 3.8) is 0 Å². The summed E-state index contributed by atoms with van der Waals surface area (Å²) in [7, 11) is 0. The van der Waals surface area contributed by atoms with Crippen LogP contribution in [0.25, 0.3) is 0 Å². The van der Waals surface area contributed by atoms with Crippen LogP contribution in [0.2, 0.25) is 0 Å². The molecule has 3 unspecified atom stereocenters. The van der Waals surface area contributed by atoms with Crippen molar-refractivity contribution in [1.29, 1.82) is 0 Å². The number of carbonyl (C=O) groups excluding carboxylic acids is 1. The summed E-state index contributed by atoms with van der Waals surface area (Å²) in [6, 6.07) is 3.23. The average molecular weight is 277 g/mol. The van der Waals surface area contributed by atoms with Gasteiger partial charge >= 0.3 is 0 Å². The van der Waals surface area contributed by atoms with Gasteiger partial charge in [0.15, 0.2) is 0 Å². The summed E-state index contributed by atoms with van der Waals surface area (Å²) < 4.78 is 13.9. The monoisotopic (exact) mass is 277 g/mol. The first-order valence-electron chi connectivity index (χ1n) is 7.13. The fourth-order valence-electron chi connectivity index (χ4n) is 3.31. The molecule has 3 N–H and O–H groups in total. The second-order valence-electron chi connectivity index (χ2n) is 5.88. The number of nitrogens with one attached hydrogen (secondary N) is 1. The molecule has 0 aliphatic carbocycles. The molecular formula is C15H20FN3O. The number of nitrogens with two attached hydrogens (primary N) is 1. The number of halogens is 1. The number of carbonyl (C=O) groups is 1. The van der Waals surface area contributed by atoms with Crippen LogP contribution >= 0.6 is 0 Å². The van der Waals surface area contributed by atoms with Crippen LogP contribution in [0.15, 0.2) is 12.1 Å². The maximum Gasteiger partial charge on any atom is 0.248 e. The first-order chi connectivity index (χ1) is 9.54. The number of fused-ring (bicyclic) bond motifs is 2. The molecular weight excluding hydrogens is 257 g/mol. The smallest absolute Gasteiger partial charge is 0.248 e. The predicted molar refractivity (Wildman–Crippen MR) is 76.2 cm³/mol. The highest BCUT2D eigenvalue weighted by molar-refractivity contribution is 5.94. The summed E-state index contributed by atoms with van der Waals surface area (Å²) >= 11 is 0. The number of hydrogen-bond acceptors (Lipinski definition) is 3. The van der Waals surface area contributed by atoms with Crippen molar-refractivity contribution >= 4 is 11.6 Å². The van der Waals surface area contributed by atoms with Gasteiger partial charge in [0.1, 0.15) is 5.82 Å². The molecule has 1 aromatic rings. The Morgan fingerprint density at radius 3 is 2.90 bits per heavy atom. The van der Waals surface area contributed by atoms with Crippen LogP contribution in [0.4, 0.5) is 10.1 Å². The maximum atomic E-state index is 13.9. The van der Waals surface area contributed by atoms with Gasteiger partial charge in [0.05, 0.1) is 0 Å². The van der Waals surface area contributed by atoms with Crippen molar-refractivity contribution < 1.29 is 9.18 Å². The van der Waals surface area contributed by atoms with Crippen molar-refractivity contribution in [2.45, 2.75) is 25.8 Å². The summed E-state index contributed by atoms with van der Waals surface area (Å²) in [5.74, 6) is -0.362. The Labute approximate surface area is 118 Å². The van der Waals surface area contributed by atoms with Crippen LogP contribution in [0.5, 0.6) is 0 Å². The quantitative estimate of drug-likeness (QED) is 0.884. The van der Waals surface area contributed by atoms with E-state index in [4.69, 9.17) is 5.73 Å². The van der Waals surface area contributed by atoms with Crippen LogP contribution in [0.3, 0.4) is 0 Å². The molecule has 108 valence electrons. The second kappa shape index (κ2) is 5.05. The molecule has 1 amide bonds. The number of piperidine rings is 1. The van der Waals surface area contributed by atoms with Gasteiger partial charge in [0.25, 0.3) is 0 Å². The van der Waals surface area contributed by atoms with Gasteiger partial charge in [-0.25, -0.2) is 4.39 Å². The number of hydrogen-bond donors (Lipinski definition) is 2. The molecule has 3 atom stereocenters. The highest BCUT2D eigenvalue weighted by Gasteiger charge is 2.34. The van der Waals surface area contributed by atoms with E-state index in [-0.39, 0.29) is 11.4 Å². The fourth-order valence-corrected chi connectivity index (χ4v) is 3.31. The van der Waals surface area contributed by atoms with Crippen LogP contribution in [-0.2, 0) is 0 Å². The molecule has 2 bridgehead atoms. The zero-order valence-electron chi connectivity index (χ0n) is 11.7. The first kappa shape index (κ1) is 13.4. The van der Waals surface area contributed by atoms with E-state index in [9.17, 15) is 9.18 Å². The Kier molecular flexibility index (Phi) is 3.38. The number of primary amides is 1. The van der Waals surface area contributed by atoms with Crippen molar-refractivity contribution in [2.75, 3.05) is 25.0 Å². The molecule has 2 aliphatic heterocycles. The number of benzene rings is 1. The highest BCUT2D eigenvalue weighted by Crippen LogP contribution is 2.31. The van der Waals surface area contributed by atoms with E-state index < -0.39 is 5.91 Å². The Morgan fingerprint density at radius 1 is 1.40 bits per heavy atom. The van der Waals surface area contributed by atoms with Gasteiger partial charge in [-0.05, 0) is 44.4 Å². The van der Waals surface area contributed by atoms with E-state index in [0.29, 0.717) is 23.2 Å². The van der Waals surface area contributed by atoms with Gasteiger partial charge in [-0.15, -0.1) is 0 Å². The summed E-state index contributed by atoms with van der Waals surface area (Å²) in [6.45, 7) is 5.10. The van der Waals surface area contributed by atoms with Crippen LogP contribution < -0.4 is 11.1 Å². The third-order valence-corrected chi connectivity index (χ3v) is 4.60. The lowest BCUT2D eigenvalue weighted by molar-refractivity contribution is 0.1000. The normalized spacial score (nSPS) is 28.4. The lowest BCUT2D eigenvalue weighted by atomic mass is 9.93. The Bertz CT molecular complexity index is 546. The number of nitrogens with zero attached hydrogens (tertiary/aromatic N) is 1. The average Bonchev–Trinajstić information content (AvgIpc) is 2.80. The zero-order chi connectivity index (χ0) is 14.3.